The SMILES string of the molecule is CC(C)(C)Nc1ncc(N)c(NC2CCC(N)CC2)n1. The maximum absolute atomic E-state index is 5.96. The molecule has 1 aromatic heterocycles. The second-order valence-electron chi connectivity index (χ2n) is 6.63. The molecule has 1 saturated carbocycles. The first-order chi connectivity index (χ1) is 9.33. The minimum Gasteiger partial charge on any atom is -0.394 e. The number of aromatic nitrogens is 2. The number of nitrogen functional groups attached to an aromatic ring is 1. The van der Waals surface area contributed by atoms with Crippen molar-refractivity contribution in [1.82, 2.24) is 9.97 Å². The van der Waals surface area contributed by atoms with Crippen LogP contribution in [0.2, 0.25) is 0 Å². The molecule has 0 spiro atoms. The Bertz CT molecular complexity index is 445. The highest BCUT2D eigenvalue weighted by Crippen LogP contribution is 2.24. The quantitative estimate of drug-likeness (QED) is 0.674. The van der Waals surface area contributed by atoms with E-state index in [1.54, 1.807) is 6.20 Å². The van der Waals surface area contributed by atoms with Crippen molar-refractivity contribution in [3.63, 3.8) is 0 Å². The topological polar surface area (TPSA) is 102 Å². The van der Waals surface area contributed by atoms with Crippen LogP contribution in [0.15, 0.2) is 6.20 Å². The standard InChI is InChI=1S/C14H26N6/c1-14(2,3)20-13-17-8-11(16)12(19-13)18-10-6-4-9(15)5-7-10/h8-10H,4-7,15-16H2,1-3H3,(H2,17,18,19,20). The van der Waals surface area contributed by atoms with Crippen LogP contribution in [0, 0.1) is 0 Å². The van der Waals surface area contributed by atoms with Crippen molar-refractivity contribution in [3.8, 4) is 0 Å². The molecule has 1 aliphatic carbocycles. The lowest BCUT2D eigenvalue weighted by atomic mass is 9.92. The van der Waals surface area contributed by atoms with Crippen molar-refractivity contribution >= 4 is 17.5 Å². The smallest absolute Gasteiger partial charge is 0.225 e. The van der Waals surface area contributed by atoms with Crippen LogP contribution in [0.1, 0.15) is 46.5 Å². The third-order valence-corrected chi connectivity index (χ3v) is 3.42. The summed E-state index contributed by atoms with van der Waals surface area (Å²) >= 11 is 0. The normalized spacial score (nSPS) is 23.4. The second kappa shape index (κ2) is 5.83. The zero-order valence-electron chi connectivity index (χ0n) is 12.6. The molecule has 1 heterocycles. The molecule has 6 nitrogen and oxygen atoms in total. The molecule has 0 radical (unpaired) electrons. The highest BCUT2D eigenvalue weighted by Gasteiger charge is 2.20. The third kappa shape index (κ3) is 4.23. The Morgan fingerprint density at radius 1 is 1.20 bits per heavy atom. The fourth-order valence-electron chi connectivity index (χ4n) is 2.36. The highest BCUT2D eigenvalue weighted by atomic mass is 15.2. The Morgan fingerprint density at radius 2 is 1.85 bits per heavy atom. The van der Waals surface area contributed by atoms with Crippen molar-refractivity contribution in [1.29, 1.82) is 0 Å². The van der Waals surface area contributed by atoms with E-state index < -0.39 is 0 Å². The van der Waals surface area contributed by atoms with Gasteiger partial charge < -0.3 is 22.1 Å². The first kappa shape index (κ1) is 14.8. The number of anilines is 3. The molecule has 112 valence electrons. The van der Waals surface area contributed by atoms with Crippen LogP contribution in [-0.4, -0.2) is 27.6 Å². The van der Waals surface area contributed by atoms with E-state index in [4.69, 9.17) is 11.5 Å². The first-order valence-corrected chi connectivity index (χ1v) is 7.26. The molecule has 0 unspecified atom stereocenters. The molecule has 0 saturated heterocycles. The van der Waals surface area contributed by atoms with Crippen LogP contribution >= 0.6 is 0 Å². The molecular weight excluding hydrogens is 252 g/mol. The van der Waals surface area contributed by atoms with E-state index in [2.05, 4.69) is 41.4 Å². The molecular formula is C14H26N6. The summed E-state index contributed by atoms with van der Waals surface area (Å²) in [4.78, 5) is 8.70. The molecule has 6 N–H and O–H groups in total. The van der Waals surface area contributed by atoms with E-state index in [9.17, 15) is 0 Å². The van der Waals surface area contributed by atoms with Gasteiger partial charge in [-0.05, 0) is 46.5 Å². The summed E-state index contributed by atoms with van der Waals surface area (Å²) in [7, 11) is 0. The van der Waals surface area contributed by atoms with Gasteiger partial charge in [-0.3, -0.25) is 0 Å². The van der Waals surface area contributed by atoms with Gasteiger partial charge in [-0.15, -0.1) is 0 Å². The number of rotatable bonds is 3. The van der Waals surface area contributed by atoms with Crippen LogP contribution < -0.4 is 22.1 Å². The summed E-state index contributed by atoms with van der Waals surface area (Å²) in [5.41, 5.74) is 12.4. The average Bonchev–Trinajstić information content (AvgIpc) is 2.34. The second-order valence-corrected chi connectivity index (χ2v) is 6.63. The van der Waals surface area contributed by atoms with Crippen LogP contribution in [0.5, 0.6) is 0 Å². The average molecular weight is 278 g/mol. The minimum atomic E-state index is -0.0784. The maximum Gasteiger partial charge on any atom is 0.225 e. The fourth-order valence-corrected chi connectivity index (χ4v) is 2.36. The van der Waals surface area contributed by atoms with Crippen LogP contribution in [0.3, 0.4) is 0 Å². The Labute approximate surface area is 120 Å². The predicted molar refractivity (Wildman–Crippen MR) is 83.7 cm³/mol. The summed E-state index contributed by atoms with van der Waals surface area (Å²) < 4.78 is 0. The van der Waals surface area contributed by atoms with E-state index in [0.717, 1.165) is 25.7 Å². The largest absolute Gasteiger partial charge is 0.394 e. The van der Waals surface area contributed by atoms with E-state index in [0.29, 0.717) is 29.5 Å². The summed E-state index contributed by atoms with van der Waals surface area (Å²) in [5, 5.41) is 6.68. The van der Waals surface area contributed by atoms with Crippen LogP contribution in [-0.2, 0) is 0 Å². The van der Waals surface area contributed by atoms with Crippen molar-refractivity contribution in [3.05, 3.63) is 6.20 Å². The summed E-state index contributed by atoms with van der Waals surface area (Å²) in [5.74, 6) is 1.31. The molecule has 1 aromatic rings. The van der Waals surface area contributed by atoms with E-state index in [1.165, 1.54) is 0 Å². The van der Waals surface area contributed by atoms with Gasteiger partial charge in [0.1, 0.15) is 0 Å². The summed E-state index contributed by atoms with van der Waals surface area (Å²) in [6.07, 6.45) is 5.88. The molecule has 1 fully saturated rings. The van der Waals surface area contributed by atoms with E-state index >= 15 is 0 Å². The zero-order valence-corrected chi connectivity index (χ0v) is 12.6. The van der Waals surface area contributed by atoms with Crippen molar-refractivity contribution < 1.29 is 0 Å². The zero-order chi connectivity index (χ0) is 14.8. The van der Waals surface area contributed by atoms with Crippen molar-refractivity contribution in [2.75, 3.05) is 16.4 Å². The van der Waals surface area contributed by atoms with Gasteiger partial charge in [0.25, 0.3) is 0 Å². The van der Waals surface area contributed by atoms with E-state index in [1.807, 2.05) is 0 Å². The number of hydrogen-bond donors (Lipinski definition) is 4. The lowest BCUT2D eigenvalue weighted by Crippen LogP contribution is -2.33. The fraction of sp³-hybridized carbons (Fsp3) is 0.714. The number of nitrogens with one attached hydrogen (secondary N) is 2. The van der Waals surface area contributed by atoms with Gasteiger partial charge in [0.2, 0.25) is 5.95 Å². The lowest BCUT2D eigenvalue weighted by Gasteiger charge is -2.28. The van der Waals surface area contributed by atoms with Crippen LogP contribution in [0.25, 0.3) is 0 Å². The first-order valence-electron chi connectivity index (χ1n) is 7.26. The molecule has 2 rings (SSSR count). The van der Waals surface area contributed by atoms with Gasteiger partial charge in [-0.2, -0.15) is 4.98 Å². The Balaban J connectivity index is 2.05. The van der Waals surface area contributed by atoms with Crippen LogP contribution in [0.4, 0.5) is 17.5 Å². The minimum absolute atomic E-state index is 0.0784. The van der Waals surface area contributed by atoms with Gasteiger partial charge in [0.05, 0.1) is 11.9 Å². The molecule has 0 atom stereocenters. The van der Waals surface area contributed by atoms with Gasteiger partial charge in [0.15, 0.2) is 5.82 Å². The lowest BCUT2D eigenvalue weighted by molar-refractivity contribution is 0.410. The number of nitrogens with two attached hydrogens (primary N) is 2. The molecule has 0 aliphatic heterocycles. The van der Waals surface area contributed by atoms with Gasteiger partial charge in [-0.25, -0.2) is 4.98 Å². The molecule has 0 bridgehead atoms. The Hall–Kier alpha value is -1.56. The summed E-state index contributed by atoms with van der Waals surface area (Å²) in [6.45, 7) is 6.22. The highest BCUT2D eigenvalue weighted by molar-refractivity contribution is 5.62. The third-order valence-electron chi connectivity index (χ3n) is 3.42. The molecule has 0 amide bonds. The van der Waals surface area contributed by atoms with Gasteiger partial charge in [-0.1, -0.05) is 0 Å². The Kier molecular flexibility index (Phi) is 4.32. The monoisotopic (exact) mass is 278 g/mol. The number of hydrogen-bond acceptors (Lipinski definition) is 6. The Morgan fingerprint density at radius 3 is 2.45 bits per heavy atom. The predicted octanol–water partition coefficient (Wildman–Crippen LogP) is 1.95. The molecule has 6 heteroatoms. The molecule has 0 aromatic carbocycles. The number of nitrogens with zero attached hydrogens (tertiary/aromatic N) is 2. The maximum atomic E-state index is 5.96. The molecule has 1 aliphatic rings. The summed E-state index contributed by atoms with van der Waals surface area (Å²) in [6, 6.07) is 0.739. The van der Waals surface area contributed by atoms with Crippen molar-refractivity contribution in [2.24, 2.45) is 5.73 Å². The molecule has 20 heavy (non-hydrogen) atoms. The van der Waals surface area contributed by atoms with Gasteiger partial charge >= 0.3 is 0 Å². The van der Waals surface area contributed by atoms with E-state index in [-0.39, 0.29) is 5.54 Å². The van der Waals surface area contributed by atoms with Crippen molar-refractivity contribution in [2.45, 2.75) is 64.1 Å². The van der Waals surface area contributed by atoms with Gasteiger partial charge in [0, 0.05) is 17.6 Å².